The summed E-state index contributed by atoms with van der Waals surface area (Å²) in [5.74, 6) is 1.42. The van der Waals surface area contributed by atoms with Crippen molar-refractivity contribution < 1.29 is 9.47 Å². The molecule has 0 radical (unpaired) electrons. The minimum Gasteiger partial charge on any atom is -0.381 e. The van der Waals surface area contributed by atoms with E-state index in [4.69, 9.17) is 9.47 Å². The van der Waals surface area contributed by atoms with Gasteiger partial charge in [-0.2, -0.15) is 5.10 Å². The van der Waals surface area contributed by atoms with Crippen molar-refractivity contribution in [3.63, 3.8) is 0 Å². The molecule has 1 saturated heterocycles. The van der Waals surface area contributed by atoms with Crippen molar-refractivity contribution in [1.82, 2.24) is 20.4 Å². The Hall–Kier alpha value is -0.870. The molecule has 0 bridgehead atoms. The summed E-state index contributed by atoms with van der Waals surface area (Å²) >= 11 is 0. The van der Waals surface area contributed by atoms with Crippen molar-refractivity contribution in [2.24, 2.45) is 18.0 Å². The second kappa shape index (κ2) is 12.5. The van der Waals surface area contributed by atoms with Gasteiger partial charge in [-0.1, -0.05) is 0 Å². The van der Waals surface area contributed by atoms with Gasteiger partial charge in [0.25, 0.3) is 0 Å². The van der Waals surface area contributed by atoms with E-state index in [0.29, 0.717) is 12.5 Å². The van der Waals surface area contributed by atoms with Gasteiger partial charge in [0.05, 0.1) is 25.5 Å². The Balaban J connectivity index is 0.00000288. The highest BCUT2D eigenvalue weighted by Crippen LogP contribution is 2.12. The molecule has 0 saturated carbocycles. The Kier molecular flexibility index (Phi) is 11.0. The van der Waals surface area contributed by atoms with Gasteiger partial charge in [0.2, 0.25) is 0 Å². The van der Waals surface area contributed by atoms with Gasteiger partial charge in [-0.3, -0.25) is 4.68 Å². The van der Waals surface area contributed by atoms with Crippen molar-refractivity contribution in [1.29, 1.82) is 0 Å². The normalized spacial score (nSPS) is 17.6. The fraction of sp³-hybridized carbons (Fsp3) is 0.750. The SMILES string of the molecule is CCNC(=NCc1ccnn1C)NCCCOCC1CCOC1.I. The third-order valence-corrected chi connectivity index (χ3v) is 3.80. The first-order valence-electron chi connectivity index (χ1n) is 8.44. The van der Waals surface area contributed by atoms with Crippen molar-refractivity contribution >= 4 is 29.9 Å². The van der Waals surface area contributed by atoms with Crippen LogP contribution in [0.2, 0.25) is 0 Å². The van der Waals surface area contributed by atoms with Gasteiger partial charge < -0.3 is 20.1 Å². The van der Waals surface area contributed by atoms with Crippen LogP contribution in [0.5, 0.6) is 0 Å². The van der Waals surface area contributed by atoms with E-state index in [0.717, 1.165) is 64.0 Å². The second-order valence-electron chi connectivity index (χ2n) is 5.73. The zero-order valence-electron chi connectivity index (χ0n) is 14.7. The molecular formula is C16H30IN5O2. The molecule has 1 fully saturated rings. The number of aromatic nitrogens is 2. The van der Waals surface area contributed by atoms with Crippen molar-refractivity contribution in [2.45, 2.75) is 26.3 Å². The lowest BCUT2D eigenvalue weighted by Crippen LogP contribution is -2.38. The molecule has 138 valence electrons. The lowest BCUT2D eigenvalue weighted by atomic mass is 10.1. The number of aryl methyl sites for hydroxylation is 1. The summed E-state index contributed by atoms with van der Waals surface area (Å²) in [5, 5.41) is 10.7. The molecule has 0 spiro atoms. The van der Waals surface area contributed by atoms with Crippen LogP contribution in [0, 0.1) is 5.92 Å². The Morgan fingerprint density at radius 1 is 1.50 bits per heavy atom. The van der Waals surface area contributed by atoms with Crippen LogP contribution in [0.1, 0.15) is 25.5 Å². The number of nitrogens with one attached hydrogen (secondary N) is 2. The number of hydrogen-bond acceptors (Lipinski definition) is 4. The van der Waals surface area contributed by atoms with Crippen LogP contribution >= 0.6 is 24.0 Å². The van der Waals surface area contributed by atoms with E-state index in [9.17, 15) is 0 Å². The number of nitrogens with zero attached hydrogens (tertiary/aromatic N) is 3. The largest absolute Gasteiger partial charge is 0.381 e. The summed E-state index contributed by atoms with van der Waals surface area (Å²) in [7, 11) is 1.93. The quantitative estimate of drug-likeness (QED) is 0.258. The fourth-order valence-corrected chi connectivity index (χ4v) is 2.40. The van der Waals surface area contributed by atoms with Crippen molar-refractivity contribution in [3.8, 4) is 0 Å². The van der Waals surface area contributed by atoms with E-state index in [-0.39, 0.29) is 24.0 Å². The molecular weight excluding hydrogens is 421 g/mol. The lowest BCUT2D eigenvalue weighted by molar-refractivity contribution is 0.0888. The van der Waals surface area contributed by atoms with Gasteiger partial charge in [0, 0.05) is 45.5 Å². The minimum absolute atomic E-state index is 0. The van der Waals surface area contributed by atoms with Gasteiger partial charge >= 0.3 is 0 Å². The molecule has 0 aliphatic carbocycles. The topological polar surface area (TPSA) is 72.7 Å². The number of aliphatic imine (C=N–C) groups is 1. The summed E-state index contributed by atoms with van der Waals surface area (Å²) in [4.78, 5) is 4.57. The van der Waals surface area contributed by atoms with E-state index in [1.807, 2.05) is 17.8 Å². The van der Waals surface area contributed by atoms with E-state index in [2.05, 4.69) is 27.6 Å². The van der Waals surface area contributed by atoms with Gasteiger partial charge in [0.1, 0.15) is 0 Å². The monoisotopic (exact) mass is 451 g/mol. The zero-order chi connectivity index (χ0) is 16.3. The van der Waals surface area contributed by atoms with Gasteiger partial charge in [-0.15, -0.1) is 24.0 Å². The summed E-state index contributed by atoms with van der Waals surface area (Å²) in [5.41, 5.74) is 1.09. The maximum atomic E-state index is 5.70. The molecule has 2 rings (SSSR count). The Morgan fingerprint density at radius 2 is 2.38 bits per heavy atom. The molecule has 24 heavy (non-hydrogen) atoms. The number of hydrogen-bond donors (Lipinski definition) is 2. The molecule has 1 aliphatic heterocycles. The highest BCUT2D eigenvalue weighted by atomic mass is 127. The second-order valence-corrected chi connectivity index (χ2v) is 5.73. The van der Waals surface area contributed by atoms with Crippen LogP contribution in [0.25, 0.3) is 0 Å². The average Bonchev–Trinajstić information content (AvgIpc) is 3.20. The summed E-state index contributed by atoms with van der Waals surface area (Å²) in [6.07, 6.45) is 3.88. The maximum Gasteiger partial charge on any atom is 0.191 e. The summed E-state index contributed by atoms with van der Waals surface area (Å²) in [6, 6.07) is 1.98. The first-order valence-corrected chi connectivity index (χ1v) is 8.44. The van der Waals surface area contributed by atoms with E-state index >= 15 is 0 Å². The van der Waals surface area contributed by atoms with Crippen LogP contribution in [-0.2, 0) is 23.1 Å². The molecule has 1 aliphatic rings. The van der Waals surface area contributed by atoms with E-state index in [1.54, 1.807) is 6.20 Å². The first-order chi connectivity index (χ1) is 11.3. The van der Waals surface area contributed by atoms with Gasteiger partial charge in [-0.05, 0) is 25.8 Å². The average molecular weight is 451 g/mol. The molecule has 8 heteroatoms. The smallest absolute Gasteiger partial charge is 0.191 e. The number of halogens is 1. The van der Waals surface area contributed by atoms with E-state index in [1.165, 1.54) is 0 Å². The van der Waals surface area contributed by atoms with E-state index < -0.39 is 0 Å². The van der Waals surface area contributed by atoms with Crippen molar-refractivity contribution in [2.75, 3.05) is 39.5 Å². The van der Waals surface area contributed by atoms with Crippen molar-refractivity contribution in [3.05, 3.63) is 18.0 Å². The zero-order valence-corrected chi connectivity index (χ0v) is 17.0. The Labute approximate surface area is 161 Å². The molecule has 0 aromatic carbocycles. The van der Waals surface area contributed by atoms with Gasteiger partial charge in [0.15, 0.2) is 5.96 Å². The summed E-state index contributed by atoms with van der Waals surface area (Å²) in [6.45, 7) is 7.68. The van der Waals surface area contributed by atoms with Crippen LogP contribution in [-0.4, -0.2) is 55.3 Å². The predicted molar refractivity (Wildman–Crippen MR) is 106 cm³/mol. The molecule has 1 aromatic rings. The number of rotatable bonds is 9. The highest BCUT2D eigenvalue weighted by Gasteiger charge is 2.15. The third kappa shape index (κ3) is 7.80. The molecule has 1 unspecified atom stereocenters. The molecule has 0 amide bonds. The Bertz CT molecular complexity index is 475. The Morgan fingerprint density at radius 3 is 3.04 bits per heavy atom. The number of guanidine groups is 1. The highest BCUT2D eigenvalue weighted by molar-refractivity contribution is 14.0. The maximum absolute atomic E-state index is 5.70. The van der Waals surface area contributed by atoms with Crippen LogP contribution in [0.3, 0.4) is 0 Å². The standard InChI is InChI=1S/C16H29N5O2.HI/c1-3-17-16(19-11-15-5-8-20-21(15)2)18-7-4-9-22-12-14-6-10-23-13-14;/h5,8,14H,3-4,6-7,9-13H2,1-2H3,(H2,17,18,19);1H. The van der Waals surface area contributed by atoms with Gasteiger partial charge in [-0.25, -0.2) is 4.99 Å². The fourth-order valence-electron chi connectivity index (χ4n) is 2.40. The molecule has 1 atom stereocenters. The molecule has 2 heterocycles. The lowest BCUT2D eigenvalue weighted by Gasteiger charge is -2.12. The minimum atomic E-state index is 0. The number of ether oxygens (including phenoxy) is 2. The van der Waals surface area contributed by atoms with Crippen LogP contribution in [0.4, 0.5) is 0 Å². The molecule has 1 aromatic heterocycles. The first kappa shape index (κ1) is 21.2. The van der Waals surface area contributed by atoms with Crippen LogP contribution in [0.15, 0.2) is 17.3 Å². The van der Waals surface area contributed by atoms with Crippen LogP contribution < -0.4 is 10.6 Å². The molecule has 2 N–H and O–H groups in total. The summed E-state index contributed by atoms with van der Waals surface area (Å²) < 4.78 is 12.9. The third-order valence-electron chi connectivity index (χ3n) is 3.80. The predicted octanol–water partition coefficient (Wildman–Crippen LogP) is 1.54. The molecule has 7 nitrogen and oxygen atoms in total.